The number of nitrogens with one attached hydrogen (secondary N) is 1. The highest BCUT2D eigenvalue weighted by Gasteiger charge is 2.18. The van der Waals surface area contributed by atoms with E-state index in [-0.39, 0.29) is 30.0 Å². The summed E-state index contributed by atoms with van der Waals surface area (Å²) < 4.78 is 6.75. The molecule has 33 heavy (non-hydrogen) atoms. The van der Waals surface area contributed by atoms with E-state index in [1.807, 2.05) is 36.4 Å². The first-order chi connectivity index (χ1) is 16.1. The molecule has 1 aliphatic rings. The van der Waals surface area contributed by atoms with Gasteiger partial charge < -0.3 is 9.84 Å². The SMILES string of the molecule is CCc1ccc(-c2noc3c(=O)n(CCC(=O)Nc4cccc5c4CCCC5)cnc23)cc1. The highest BCUT2D eigenvalue weighted by atomic mass is 16.5. The van der Waals surface area contributed by atoms with E-state index in [4.69, 9.17) is 4.52 Å². The molecular formula is C26H26N4O3. The molecule has 4 aromatic rings. The summed E-state index contributed by atoms with van der Waals surface area (Å²) in [6.45, 7) is 2.31. The van der Waals surface area contributed by atoms with E-state index in [2.05, 4.69) is 28.4 Å². The molecule has 0 bridgehead atoms. The van der Waals surface area contributed by atoms with E-state index < -0.39 is 0 Å². The lowest BCUT2D eigenvalue weighted by Crippen LogP contribution is -2.23. The van der Waals surface area contributed by atoms with Crippen LogP contribution in [0.25, 0.3) is 22.4 Å². The molecule has 7 nitrogen and oxygen atoms in total. The summed E-state index contributed by atoms with van der Waals surface area (Å²) in [5.41, 5.74) is 6.24. The lowest BCUT2D eigenvalue weighted by Gasteiger charge is -2.19. The van der Waals surface area contributed by atoms with Gasteiger partial charge in [-0.1, -0.05) is 48.5 Å². The normalized spacial score (nSPS) is 13.1. The van der Waals surface area contributed by atoms with Gasteiger partial charge >= 0.3 is 0 Å². The summed E-state index contributed by atoms with van der Waals surface area (Å²) >= 11 is 0. The molecule has 2 aromatic heterocycles. The first-order valence-electron chi connectivity index (χ1n) is 11.5. The van der Waals surface area contributed by atoms with E-state index in [1.54, 1.807) is 0 Å². The number of benzene rings is 2. The number of nitrogens with zero attached hydrogens (tertiary/aromatic N) is 3. The van der Waals surface area contributed by atoms with Gasteiger partial charge in [0.25, 0.3) is 11.1 Å². The van der Waals surface area contributed by atoms with Crippen molar-refractivity contribution in [1.82, 2.24) is 14.7 Å². The number of fused-ring (bicyclic) bond motifs is 2. The van der Waals surface area contributed by atoms with Crippen LogP contribution in [0.4, 0.5) is 5.69 Å². The molecule has 0 radical (unpaired) electrons. The Hall–Kier alpha value is -3.74. The summed E-state index contributed by atoms with van der Waals surface area (Å²) in [6.07, 6.45) is 6.95. The van der Waals surface area contributed by atoms with E-state index >= 15 is 0 Å². The second-order valence-corrected chi connectivity index (χ2v) is 8.45. The van der Waals surface area contributed by atoms with Crippen molar-refractivity contribution in [2.45, 2.75) is 52.0 Å². The number of aromatic nitrogens is 3. The van der Waals surface area contributed by atoms with Crippen LogP contribution in [-0.4, -0.2) is 20.6 Å². The average Bonchev–Trinajstić information content (AvgIpc) is 3.29. The predicted octanol–water partition coefficient (Wildman–Crippen LogP) is 4.52. The van der Waals surface area contributed by atoms with Crippen molar-refractivity contribution in [3.63, 3.8) is 0 Å². The Balaban J connectivity index is 1.31. The first-order valence-corrected chi connectivity index (χ1v) is 11.5. The maximum absolute atomic E-state index is 12.9. The third-order valence-corrected chi connectivity index (χ3v) is 6.33. The van der Waals surface area contributed by atoms with E-state index in [9.17, 15) is 9.59 Å². The van der Waals surface area contributed by atoms with Gasteiger partial charge in [0.15, 0.2) is 0 Å². The van der Waals surface area contributed by atoms with Crippen molar-refractivity contribution >= 4 is 22.7 Å². The summed E-state index contributed by atoms with van der Waals surface area (Å²) in [6, 6.07) is 14.0. The molecule has 7 heteroatoms. The van der Waals surface area contributed by atoms with Crippen LogP contribution in [0.15, 0.2) is 58.1 Å². The van der Waals surface area contributed by atoms with Crippen molar-refractivity contribution in [3.05, 3.63) is 75.8 Å². The van der Waals surface area contributed by atoms with Gasteiger partial charge in [-0.3, -0.25) is 14.2 Å². The van der Waals surface area contributed by atoms with Crippen LogP contribution >= 0.6 is 0 Å². The number of hydrogen-bond acceptors (Lipinski definition) is 5. The van der Waals surface area contributed by atoms with Crippen LogP contribution in [0.1, 0.15) is 42.9 Å². The molecule has 0 saturated carbocycles. The van der Waals surface area contributed by atoms with Gasteiger partial charge in [0.1, 0.15) is 11.2 Å². The summed E-state index contributed by atoms with van der Waals surface area (Å²) in [4.78, 5) is 29.9. The minimum absolute atomic E-state index is 0.101. The van der Waals surface area contributed by atoms with Crippen LogP contribution in [0.5, 0.6) is 0 Å². The van der Waals surface area contributed by atoms with E-state index in [1.165, 1.54) is 34.0 Å². The van der Waals surface area contributed by atoms with Crippen molar-refractivity contribution in [1.29, 1.82) is 0 Å². The van der Waals surface area contributed by atoms with Gasteiger partial charge in [0.2, 0.25) is 5.91 Å². The number of hydrogen-bond donors (Lipinski definition) is 1. The zero-order valence-electron chi connectivity index (χ0n) is 18.6. The van der Waals surface area contributed by atoms with Gasteiger partial charge in [-0.15, -0.1) is 0 Å². The summed E-state index contributed by atoms with van der Waals surface area (Å²) in [5, 5.41) is 7.11. The fourth-order valence-electron chi connectivity index (χ4n) is 4.44. The lowest BCUT2D eigenvalue weighted by molar-refractivity contribution is -0.116. The third-order valence-electron chi connectivity index (χ3n) is 6.33. The maximum atomic E-state index is 12.9. The molecule has 0 fully saturated rings. The predicted molar refractivity (Wildman–Crippen MR) is 127 cm³/mol. The summed E-state index contributed by atoms with van der Waals surface area (Å²) in [5.74, 6) is -0.129. The highest BCUT2D eigenvalue weighted by molar-refractivity contribution is 5.92. The van der Waals surface area contributed by atoms with Crippen LogP contribution in [-0.2, 0) is 30.6 Å². The van der Waals surface area contributed by atoms with Crippen molar-refractivity contribution < 1.29 is 9.32 Å². The number of carbonyl (C=O) groups is 1. The molecule has 0 atom stereocenters. The van der Waals surface area contributed by atoms with Gasteiger partial charge in [-0.2, -0.15) is 0 Å². The van der Waals surface area contributed by atoms with Crippen molar-refractivity contribution in [3.8, 4) is 11.3 Å². The second-order valence-electron chi connectivity index (χ2n) is 8.45. The van der Waals surface area contributed by atoms with Crippen molar-refractivity contribution in [2.75, 3.05) is 5.32 Å². The number of aryl methyl sites for hydroxylation is 3. The molecular weight excluding hydrogens is 416 g/mol. The molecule has 0 unspecified atom stereocenters. The Labute approximate surface area is 191 Å². The van der Waals surface area contributed by atoms with E-state index in [0.717, 1.165) is 36.9 Å². The van der Waals surface area contributed by atoms with Crippen molar-refractivity contribution in [2.24, 2.45) is 0 Å². The topological polar surface area (TPSA) is 90.0 Å². The Bertz CT molecular complexity index is 1370. The molecule has 1 N–H and O–H groups in total. The number of amides is 1. The Morgan fingerprint density at radius 3 is 2.76 bits per heavy atom. The Kier molecular flexibility index (Phi) is 5.77. The zero-order valence-corrected chi connectivity index (χ0v) is 18.6. The molecule has 0 aliphatic heterocycles. The fourth-order valence-corrected chi connectivity index (χ4v) is 4.44. The Morgan fingerprint density at radius 2 is 1.94 bits per heavy atom. The van der Waals surface area contributed by atoms with Gasteiger partial charge in [-0.05, 0) is 54.9 Å². The van der Waals surface area contributed by atoms with Gasteiger partial charge in [-0.25, -0.2) is 4.98 Å². The molecule has 1 amide bonds. The van der Waals surface area contributed by atoms with Crippen LogP contribution < -0.4 is 10.9 Å². The van der Waals surface area contributed by atoms with Gasteiger partial charge in [0.05, 0.1) is 6.33 Å². The minimum Gasteiger partial charge on any atom is -0.348 e. The molecule has 0 saturated heterocycles. The molecule has 1 aliphatic carbocycles. The van der Waals surface area contributed by atoms with Crippen LogP contribution in [0, 0.1) is 0 Å². The second kappa shape index (κ2) is 9.02. The Morgan fingerprint density at radius 1 is 1.12 bits per heavy atom. The van der Waals surface area contributed by atoms with Gasteiger partial charge in [0, 0.05) is 24.2 Å². The quantitative estimate of drug-likeness (QED) is 0.474. The number of anilines is 1. The molecule has 5 rings (SSSR count). The smallest absolute Gasteiger partial charge is 0.299 e. The number of rotatable bonds is 6. The third kappa shape index (κ3) is 4.18. The molecule has 168 valence electrons. The average molecular weight is 443 g/mol. The summed E-state index contributed by atoms with van der Waals surface area (Å²) in [7, 11) is 0. The zero-order chi connectivity index (χ0) is 22.8. The lowest BCUT2D eigenvalue weighted by atomic mass is 9.90. The fraction of sp³-hybridized carbons (Fsp3) is 0.308. The monoisotopic (exact) mass is 442 g/mol. The maximum Gasteiger partial charge on any atom is 0.299 e. The van der Waals surface area contributed by atoms with Crippen LogP contribution in [0.2, 0.25) is 0 Å². The largest absolute Gasteiger partial charge is 0.348 e. The first kappa shape index (κ1) is 21.1. The molecule has 0 spiro atoms. The number of carbonyl (C=O) groups excluding carboxylic acids is 1. The molecule has 2 heterocycles. The molecule has 2 aromatic carbocycles. The standard InChI is InChI=1S/C26H26N4O3/c1-2-17-10-12-19(13-11-17)23-24-25(33-29-23)26(32)30(16-27-24)15-14-22(31)28-21-9-5-7-18-6-3-4-8-20(18)21/h5,7,9-13,16H,2-4,6,8,14-15H2,1H3,(H,28,31). The van der Waals surface area contributed by atoms with Crippen LogP contribution in [0.3, 0.4) is 0 Å². The highest BCUT2D eigenvalue weighted by Crippen LogP contribution is 2.28. The minimum atomic E-state index is -0.339. The van der Waals surface area contributed by atoms with E-state index in [0.29, 0.717) is 11.2 Å².